The molecule has 104 valence electrons. The Morgan fingerprint density at radius 3 is 2.74 bits per heavy atom. The molecule has 2 nitrogen and oxygen atoms in total. The number of halogens is 2. The van der Waals surface area contributed by atoms with Crippen molar-refractivity contribution in [2.45, 2.75) is 26.7 Å². The van der Waals surface area contributed by atoms with Crippen LogP contribution in [0.4, 0.5) is 0 Å². The Balaban J connectivity index is 2.28. The summed E-state index contributed by atoms with van der Waals surface area (Å²) in [6.45, 7) is 5.93. The van der Waals surface area contributed by atoms with Crippen LogP contribution in [0.3, 0.4) is 0 Å². The third kappa shape index (κ3) is 3.13. The lowest BCUT2D eigenvalue weighted by Gasteiger charge is -2.36. The Morgan fingerprint density at radius 2 is 2.11 bits per heavy atom. The van der Waals surface area contributed by atoms with Crippen molar-refractivity contribution in [1.29, 1.82) is 0 Å². The van der Waals surface area contributed by atoms with E-state index in [4.69, 9.17) is 23.2 Å². The Labute approximate surface area is 124 Å². The highest BCUT2D eigenvalue weighted by Gasteiger charge is 2.38. The number of rotatable bonds is 3. The number of carbonyl (C=O) groups is 1. The van der Waals surface area contributed by atoms with Crippen LogP contribution in [0.1, 0.15) is 37.0 Å². The normalized spacial score (nSPS) is 20.3. The minimum absolute atomic E-state index is 0.0775. The summed E-state index contributed by atoms with van der Waals surface area (Å²) in [6, 6.07) is 5.06. The lowest BCUT2D eigenvalue weighted by atomic mass is 9.70. The maximum absolute atomic E-state index is 12.8. The van der Waals surface area contributed by atoms with Gasteiger partial charge in [-0.25, -0.2) is 0 Å². The minimum atomic E-state index is -0.429. The van der Waals surface area contributed by atoms with Gasteiger partial charge >= 0.3 is 0 Å². The summed E-state index contributed by atoms with van der Waals surface area (Å²) >= 11 is 12.1. The summed E-state index contributed by atoms with van der Waals surface area (Å²) in [7, 11) is 0. The third-order valence-corrected chi connectivity index (χ3v) is 4.64. The molecule has 1 aliphatic heterocycles. The average molecular weight is 300 g/mol. The first-order valence-electron chi connectivity index (χ1n) is 6.63. The molecule has 19 heavy (non-hydrogen) atoms. The highest BCUT2D eigenvalue weighted by molar-refractivity contribution is 6.36. The summed E-state index contributed by atoms with van der Waals surface area (Å²) in [4.78, 5) is 12.8. The average Bonchev–Trinajstić information content (AvgIpc) is 2.41. The maximum Gasteiger partial charge on any atom is 0.170 e. The largest absolute Gasteiger partial charge is 0.316 e. The van der Waals surface area contributed by atoms with Crippen molar-refractivity contribution in [2.75, 3.05) is 13.1 Å². The number of Topliss-reactive ketones (excluding diaryl/α,β-unsaturated/α-hetero) is 1. The van der Waals surface area contributed by atoms with E-state index in [1.54, 1.807) is 18.2 Å². The van der Waals surface area contributed by atoms with E-state index in [2.05, 4.69) is 5.32 Å². The number of ketones is 1. The van der Waals surface area contributed by atoms with Gasteiger partial charge in [0.1, 0.15) is 0 Å². The first kappa shape index (κ1) is 14.8. The summed E-state index contributed by atoms with van der Waals surface area (Å²) in [5.74, 6) is 0.414. The van der Waals surface area contributed by atoms with E-state index in [0.717, 1.165) is 25.9 Å². The summed E-state index contributed by atoms with van der Waals surface area (Å²) in [5.41, 5.74) is 0.103. The van der Waals surface area contributed by atoms with Gasteiger partial charge in [-0.3, -0.25) is 4.79 Å². The van der Waals surface area contributed by atoms with E-state index < -0.39 is 5.41 Å². The minimum Gasteiger partial charge on any atom is -0.316 e. The van der Waals surface area contributed by atoms with Crippen molar-refractivity contribution in [3.05, 3.63) is 33.8 Å². The van der Waals surface area contributed by atoms with Crippen molar-refractivity contribution < 1.29 is 4.79 Å². The molecule has 0 radical (unpaired) electrons. The summed E-state index contributed by atoms with van der Waals surface area (Å²) in [6.07, 6.45) is 2.19. The highest BCUT2D eigenvalue weighted by Crippen LogP contribution is 2.37. The molecule has 1 unspecified atom stereocenters. The molecule has 1 N–H and O–H groups in total. The quantitative estimate of drug-likeness (QED) is 0.848. The Morgan fingerprint density at radius 1 is 1.37 bits per heavy atom. The monoisotopic (exact) mass is 299 g/mol. The van der Waals surface area contributed by atoms with Crippen LogP contribution >= 0.6 is 23.2 Å². The molecule has 1 heterocycles. The Bertz CT molecular complexity index is 479. The summed E-state index contributed by atoms with van der Waals surface area (Å²) < 4.78 is 0. The van der Waals surface area contributed by atoms with Gasteiger partial charge in [-0.2, -0.15) is 0 Å². The highest BCUT2D eigenvalue weighted by atomic mass is 35.5. The van der Waals surface area contributed by atoms with Gasteiger partial charge in [-0.1, -0.05) is 37.0 Å². The fraction of sp³-hybridized carbons (Fsp3) is 0.533. The van der Waals surface area contributed by atoms with E-state index in [0.29, 0.717) is 21.5 Å². The zero-order valence-electron chi connectivity index (χ0n) is 11.3. The maximum atomic E-state index is 12.8. The molecule has 2 rings (SSSR count). The second-order valence-electron chi connectivity index (χ2n) is 5.72. The van der Waals surface area contributed by atoms with Gasteiger partial charge in [-0.15, -0.1) is 0 Å². The van der Waals surface area contributed by atoms with Crippen LogP contribution in [0.5, 0.6) is 0 Å². The number of benzene rings is 1. The van der Waals surface area contributed by atoms with Gasteiger partial charge in [0.15, 0.2) is 5.78 Å². The molecule has 0 saturated carbocycles. The molecule has 1 aromatic carbocycles. The van der Waals surface area contributed by atoms with Gasteiger partial charge < -0.3 is 5.32 Å². The molecular formula is C15H19Cl2NO. The van der Waals surface area contributed by atoms with E-state index >= 15 is 0 Å². The van der Waals surface area contributed by atoms with E-state index in [1.165, 1.54) is 0 Å². The van der Waals surface area contributed by atoms with Crippen molar-refractivity contribution in [1.82, 2.24) is 5.32 Å². The SMILES string of the molecule is CC(C)(C(=O)c1cc(Cl)ccc1Cl)C1CCCNC1. The first-order valence-corrected chi connectivity index (χ1v) is 7.39. The molecule has 1 fully saturated rings. The van der Waals surface area contributed by atoms with Crippen LogP contribution in [-0.2, 0) is 0 Å². The summed E-state index contributed by atoms with van der Waals surface area (Å²) in [5, 5.41) is 4.39. The molecule has 1 atom stereocenters. The molecule has 0 amide bonds. The lowest BCUT2D eigenvalue weighted by molar-refractivity contribution is 0.0708. The van der Waals surface area contributed by atoms with Gasteiger partial charge in [0, 0.05) is 16.0 Å². The van der Waals surface area contributed by atoms with Crippen LogP contribution in [0.15, 0.2) is 18.2 Å². The predicted molar refractivity (Wildman–Crippen MR) is 80.2 cm³/mol. The molecule has 4 heteroatoms. The van der Waals surface area contributed by atoms with Gasteiger partial charge in [0.05, 0.1) is 5.02 Å². The van der Waals surface area contributed by atoms with Crippen molar-refractivity contribution in [2.24, 2.45) is 11.3 Å². The number of hydrogen-bond acceptors (Lipinski definition) is 2. The van der Waals surface area contributed by atoms with Crippen LogP contribution in [0.25, 0.3) is 0 Å². The van der Waals surface area contributed by atoms with Crippen LogP contribution in [-0.4, -0.2) is 18.9 Å². The molecule has 0 aliphatic carbocycles. The molecule has 0 aromatic heterocycles. The van der Waals surface area contributed by atoms with E-state index in [1.807, 2.05) is 13.8 Å². The fourth-order valence-corrected chi connectivity index (χ4v) is 3.05. The standard InChI is InChI=1S/C15H19Cl2NO/c1-15(2,10-4-3-7-18-9-10)14(19)12-8-11(16)5-6-13(12)17/h5-6,8,10,18H,3-4,7,9H2,1-2H3. The number of hydrogen-bond donors (Lipinski definition) is 1. The van der Waals surface area contributed by atoms with Gasteiger partial charge in [0.25, 0.3) is 0 Å². The molecule has 1 aromatic rings. The lowest BCUT2D eigenvalue weighted by Crippen LogP contribution is -2.42. The Hall–Kier alpha value is -0.570. The molecule has 1 saturated heterocycles. The fourth-order valence-electron chi connectivity index (χ4n) is 2.67. The van der Waals surface area contributed by atoms with Crippen LogP contribution in [0, 0.1) is 11.3 Å². The van der Waals surface area contributed by atoms with Crippen LogP contribution in [0.2, 0.25) is 10.0 Å². The number of carbonyl (C=O) groups excluding carboxylic acids is 1. The predicted octanol–water partition coefficient (Wildman–Crippen LogP) is 4.20. The van der Waals surface area contributed by atoms with Gasteiger partial charge in [0.2, 0.25) is 0 Å². The topological polar surface area (TPSA) is 29.1 Å². The first-order chi connectivity index (χ1) is 8.93. The number of piperidine rings is 1. The number of nitrogens with one attached hydrogen (secondary N) is 1. The van der Waals surface area contributed by atoms with E-state index in [9.17, 15) is 4.79 Å². The zero-order valence-corrected chi connectivity index (χ0v) is 12.8. The second-order valence-corrected chi connectivity index (χ2v) is 6.56. The van der Waals surface area contributed by atoms with Crippen molar-refractivity contribution in [3.8, 4) is 0 Å². The third-order valence-electron chi connectivity index (χ3n) is 4.08. The van der Waals surface area contributed by atoms with Crippen molar-refractivity contribution >= 4 is 29.0 Å². The molecule has 1 aliphatic rings. The van der Waals surface area contributed by atoms with Crippen molar-refractivity contribution in [3.63, 3.8) is 0 Å². The Kier molecular flexibility index (Phi) is 4.54. The smallest absolute Gasteiger partial charge is 0.170 e. The van der Waals surface area contributed by atoms with E-state index in [-0.39, 0.29) is 5.78 Å². The zero-order chi connectivity index (χ0) is 14.0. The van der Waals surface area contributed by atoms with Crippen LogP contribution < -0.4 is 5.32 Å². The van der Waals surface area contributed by atoms with Gasteiger partial charge in [-0.05, 0) is 50.0 Å². The second kappa shape index (κ2) is 5.82. The molecule has 0 bridgehead atoms. The molecule has 0 spiro atoms. The molecular weight excluding hydrogens is 281 g/mol.